The molecule has 0 N–H and O–H groups in total. The molecule has 0 aliphatic heterocycles. The standard InChI is InChI=1S/C9H13FN2/c10-8-3-1-4-9(7-8)12-6-2-5-11-12/h2,5-6,8-9H,1,3-4,7H2. The summed E-state index contributed by atoms with van der Waals surface area (Å²) in [7, 11) is 0. The molecule has 1 aliphatic carbocycles. The van der Waals surface area contributed by atoms with Crippen molar-refractivity contribution in [2.45, 2.75) is 37.9 Å². The van der Waals surface area contributed by atoms with Crippen LogP contribution in [-0.2, 0) is 0 Å². The predicted octanol–water partition coefficient (Wildman–Crippen LogP) is 2.34. The summed E-state index contributed by atoms with van der Waals surface area (Å²) in [4.78, 5) is 0. The largest absolute Gasteiger partial charge is 0.270 e. The van der Waals surface area contributed by atoms with Gasteiger partial charge in [0.25, 0.3) is 0 Å². The molecule has 12 heavy (non-hydrogen) atoms. The summed E-state index contributed by atoms with van der Waals surface area (Å²) >= 11 is 0. The van der Waals surface area contributed by atoms with E-state index in [0.717, 1.165) is 19.3 Å². The van der Waals surface area contributed by atoms with Crippen molar-refractivity contribution in [3.8, 4) is 0 Å². The zero-order valence-electron chi connectivity index (χ0n) is 6.99. The molecule has 2 unspecified atom stereocenters. The van der Waals surface area contributed by atoms with Gasteiger partial charge < -0.3 is 0 Å². The molecule has 66 valence electrons. The number of rotatable bonds is 1. The van der Waals surface area contributed by atoms with Crippen molar-refractivity contribution >= 4 is 0 Å². The van der Waals surface area contributed by atoms with Crippen LogP contribution in [0.4, 0.5) is 4.39 Å². The van der Waals surface area contributed by atoms with Crippen LogP contribution in [0, 0.1) is 0 Å². The summed E-state index contributed by atoms with van der Waals surface area (Å²) in [6.45, 7) is 0. The summed E-state index contributed by atoms with van der Waals surface area (Å²) in [5.41, 5.74) is 0. The minimum absolute atomic E-state index is 0.295. The van der Waals surface area contributed by atoms with E-state index in [-0.39, 0.29) is 0 Å². The Labute approximate surface area is 71.4 Å². The van der Waals surface area contributed by atoms with Gasteiger partial charge in [-0.15, -0.1) is 0 Å². The van der Waals surface area contributed by atoms with Gasteiger partial charge >= 0.3 is 0 Å². The van der Waals surface area contributed by atoms with Crippen molar-refractivity contribution in [1.29, 1.82) is 0 Å². The lowest BCUT2D eigenvalue weighted by molar-refractivity contribution is 0.192. The lowest BCUT2D eigenvalue weighted by Crippen LogP contribution is -2.20. The van der Waals surface area contributed by atoms with Crippen molar-refractivity contribution in [2.75, 3.05) is 0 Å². The van der Waals surface area contributed by atoms with Gasteiger partial charge in [0.15, 0.2) is 0 Å². The first kappa shape index (κ1) is 7.77. The summed E-state index contributed by atoms with van der Waals surface area (Å²) in [5, 5.41) is 4.12. The van der Waals surface area contributed by atoms with Crippen LogP contribution in [0.1, 0.15) is 31.7 Å². The topological polar surface area (TPSA) is 17.8 Å². The van der Waals surface area contributed by atoms with Crippen LogP contribution in [0.3, 0.4) is 0 Å². The first-order valence-corrected chi connectivity index (χ1v) is 4.49. The van der Waals surface area contributed by atoms with Gasteiger partial charge in [-0.2, -0.15) is 5.10 Å². The van der Waals surface area contributed by atoms with Crippen LogP contribution in [0.15, 0.2) is 18.5 Å². The van der Waals surface area contributed by atoms with Gasteiger partial charge in [-0.05, 0) is 25.3 Å². The minimum Gasteiger partial charge on any atom is -0.270 e. The van der Waals surface area contributed by atoms with Crippen LogP contribution in [0.2, 0.25) is 0 Å². The van der Waals surface area contributed by atoms with Crippen LogP contribution in [0.5, 0.6) is 0 Å². The van der Waals surface area contributed by atoms with Crippen molar-refractivity contribution < 1.29 is 4.39 Å². The second-order valence-corrected chi connectivity index (χ2v) is 3.40. The fourth-order valence-electron chi connectivity index (χ4n) is 1.84. The molecule has 0 radical (unpaired) electrons. The Kier molecular flexibility index (Phi) is 2.11. The second kappa shape index (κ2) is 3.25. The molecule has 1 saturated carbocycles. The van der Waals surface area contributed by atoms with Crippen LogP contribution < -0.4 is 0 Å². The van der Waals surface area contributed by atoms with Crippen LogP contribution in [0.25, 0.3) is 0 Å². The van der Waals surface area contributed by atoms with Gasteiger partial charge in [-0.3, -0.25) is 4.68 Å². The van der Waals surface area contributed by atoms with Gasteiger partial charge in [0.05, 0.1) is 6.04 Å². The van der Waals surface area contributed by atoms with Gasteiger partial charge in [0.1, 0.15) is 6.17 Å². The van der Waals surface area contributed by atoms with E-state index in [1.165, 1.54) is 0 Å². The van der Waals surface area contributed by atoms with E-state index in [4.69, 9.17) is 0 Å². The van der Waals surface area contributed by atoms with Gasteiger partial charge in [-0.25, -0.2) is 4.39 Å². The molecule has 1 fully saturated rings. The van der Waals surface area contributed by atoms with E-state index in [0.29, 0.717) is 12.5 Å². The molecule has 2 nitrogen and oxygen atoms in total. The van der Waals surface area contributed by atoms with Gasteiger partial charge in [-0.1, -0.05) is 0 Å². The molecule has 0 aromatic carbocycles. The lowest BCUT2D eigenvalue weighted by Gasteiger charge is -2.24. The second-order valence-electron chi connectivity index (χ2n) is 3.40. The van der Waals surface area contributed by atoms with E-state index in [2.05, 4.69) is 5.10 Å². The molecule has 1 heterocycles. The molecule has 1 aromatic heterocycles. The highest BCUT2D eigenvalue weighted by Crippen LogP contribution is 2.29. The highest BCUT2D eigenvalue weighted by Gasteiger charge is 2.22. The monoisotopic (exact) mass is 168 g/mol. The van der Waals surface area contributed by atoms with Gasteiger partial charge in [0.2, 0.25) is 0 Å². The molecule has 0 saturated heterocycles. The highest BCUT2D eigenvalue weighted by molar-refractivity contribution is 4.84. The minimum atomic E-state index is -0.618. The molecule has 2 rings (SSSR count). The van der Waals surface area contributed by atoms with E-state index in [1.54, 1.807) is 6.20 Å². The Morgan fingerprint density at radius 1 is 1.42 bits per heavy atom. The lowest BCUT2D eigenvalue weighted by atomic mass is 9.94. The van der Waals surface area contributed by atoms with Crippen molar-refractivity contribution in [1.82, 2.24) is 9.78 Å². The van der Waals surface area contributed by atoms with E-state index in [1.807, 2.05) is 16.9 Å². The Morgan fingerprint density at radius 2 is 2.33 bits per heavy atom. The van der Waals surface area contributed by atoms with Crippen LogP contribution >= 0.6 is 0 Å². The predicted molar refractivity (Wildman–Crippen MR) is 44.6 cm³/mol. The summed E-state index contributed by atoms with van der Waals surface area (Å²) in [6, 6.07) is 2.19. The zero-order chi connectivity index (χ0) is 8.39. The molecular weight excluding hydrogens is 155 g/mol. The molecular formula is C9H13FN2. The molecule has 0 amide bonds. The third kappa shape index (κ3) is 1.49. The van der Waals surface area contributed by atoms with Gasteiger partial charge in [0, 0.05) is 18.8 Å². The molecule has 1 aromatic rings. The quantitative estimate of drug-likeness (QED) is 0.629. The maximum absolute atomic E-state index is 13.0. The maximum Gasteiger partial charge on any atom is 0.102 e. The van der Waals surface area contributed by atoms with E-state index < -0.39 is 6.17 Å². The number of nitrogens with zero attached hydrogens (tertiary/aromatic N) is 2. The number of alkyl halides is 1. The molecule has 0 spiro atoms. The van der Waals surface area contributed by atoms with Crippen molar-refractivity contribution in [3.05, 3.63) is 18.5 Å². The van der Waals surface area contributed by atoms with E-state index in [9.17, 15) is 4.39 Å². The zero-order valence-corrected chi connectivity index (χ0v) is 6.99. The third-order valence-electron chi connectivity index (χ3n) is 2.48. The fraction of sp³-hybridized carbons (Fsp3) is 0.667. The maximum atomic E-state index is 13.0. The summed E-state index contributed by atoms with van der Waals surface area (Å²) in [5.74, 6) is 0. The Balaban J connectivity index is 2.04. The van der Waals surface area contributed by atoms with Crippen molar-refractivity contribution in [3.63, 3.8) is 0 Å². The summed E-state index contributed by atoms with van der Waals surface area (Å²) in [6.07, 6.45) is 6.49. The van der Waals surface area contributed by atoms with Crippen molar-refractivity contribution in [2.24, 2.45) is 0 Å². The number of halogens is 1. The third-order valence-corrected chi connectivity index (χ3v) is 2.48. The highest BCUT2D eigenvalue weighted by atomic mass is 19.1. The molecule has 2 atom stereocenters. The normalized spacial score (nSPS) is 30.4. The first-order chi connectivity index (χ1) is 5.86. The molecule has 1 aliphatic rings. The summed E-state index contributed by atoms with van der Waals surface area (Å²) < 4.78 is 14.9. The molecule has 0 bridgehead atoms. The number of hydrogen-bond donors (Lipinski definition) is 0. The SMILES string of the molecule is FC1CCCC(n2cccn2)C1. The smallest absolute Gasteiger partial charge is 0.102 e. The van der Waals surface area contributed by atoms with E-state index >= 15 is 0 Å². The average Bonchev–Trinajstić information content (AvgIpc) is 2.56. The Bertz CT molecular complexity index is 233. The Hall–Kier alpha value is -0.860. The number of aromatic nitrogens is 2. The Morgan fingerprint density at radius 3 is 3.00 bits per heavy atom. The van der Waals surface area contributed by atoms with Crippen LogP contribution in [-0.4, -0.2) is 16.0 Å². The average molecular weight is 168 g/mol. The first-order valence-electron chi connectivity index (χ1n) is 4.49. The molecule has 3 heteroatoms. The number of hydrogen-bond acceptors (Lipinski definition) is 1. The fourth-order valence-corrected chi connectivity index (χ4v) is 1.84.